The Labute approximate surface area is 160 Å². The number of aromatic nitrogens is 3. The zero-order chi connectivity index (χ0) is 18.6. The van der Waals surface area contributed by atoms with Gasteiger partial charge >= 0.3 is 6.03 Å². The topological polar surface area (TPSA) is 71.0 Å². The van der Waals surface area contributed by atoms with Gasteiger partial charge in [0.15, 0.2) is 5.82 Å². The molecule has 4 aromatic rings. The van der Waals surface area contributed by atoms with E-state index in [-0.39, 0.29) is 6.03 Å². The molecule has 134 valence electrons. The van der Waals surface area contributed by atoms with E-state index in [2.05, 4.69) is 19.7 Å². The Kier molecular flexibility index (Phi) is 4.76. The van der Waals surface area contributed by atoms with Gasteiger partial charge in [0.1, 0.15) is 0 Å². The summed E-state index contributed by atoms with van der Waals surface area (Å²) in [6.45, 7) is 0.452. The van der Waals surface area contributed by atoms with E-state index in [0.717, 1.165) is 22.0 Å². The molecule has 1 N–H and O–H groups in total. The number of urea groups is 1. The van der Waals surface area contributed by atoms with E-state index in [9.17, 15) is 4.79 Å². The Morgan fingerprint density at radius 3 is 2.74 bits per heavy atom. The van der Waals surface area contributed by atoms with Crippen LogP contribution in [-0.4, -0.2) is 32.3 Å². The molecule has 0 aliphatic carbocycles. The zero-order valence-electron chi connectivity index (χ0n) is 14.7. The van der Waals surface area contributed by atoms with Crippen LogP contribution < -0.4 is 5.32 Å². The number of pyridine rings is 1. The maximum Gasteiger partial charge on any atom is 0.323 e. The molecule has 0 radical (unpaired) electrons. The van der Waals surface area contributed by atoms with Crippen LogP contribution in [0.15, 0.2) is 66.9 Å². The molecule has 27 heavy (non-hydrogen) atoms. The van der Waals surface area contributed by atoms with Gasteiger partial charge in [-0.25, -0.2) is 4.79 Å². The van der Waals surface area contributed by atoms with Crippen molar-refractivity contribution in [2.75, 3.05) is 12.4 Å². The number of hydrogen-bond donors (Lipinski definition) is 1. The lowest BCUT2D eigenvalue weighted by Gasteiger charge is -2.17. The van der Waals surface area contributed by atoms with Crippen LogP contribution >= 0.6 is 11.5 Å². The van der Waals surface area contributed by atoms with Crippen molar-refractivity contribution in [2.24, 2.45) is 0 Å². The van der Waals surface area contributed by atoms with Crippen LogP contribution in [0.4, 0.5) is 9.93 Å². The molecule has 6 nitrogen and oxygen atoms in total. The molecule has 2 aromatic heterocycles. The lowest BCUT2D eigenvalue weighted by molar-refractivity contribution is 0.220. The number of amides is 2. The van der Waals surface area contributed by atoms with Gasteiger partial charge in [-0.15, -0.1) is 0 Å². The minimum atomic E-state index is -0.237. The van der Waals surface area contributed by atoms with Gasteiger partial charge in [-0.2, -0.15) is 9.36 Å². The number of para-hydroxylation sites is 1. The van der Waals surface area contributed by atoms with E-state index in [1.54, 1.807) is 18.1 Å². The summed E-state index contributed by atoms with van der Waals surface area (Å²) in [6.07, 6.45) is 1.80. The second-order valence-corrected chi connectivity index (χ2v) is 6.86. The minimum absolute atomic E-state index is 0.237. The third-order valence-corrected chi connectivity index (χ3v) is 4.72. The van der Waals surface area contributed by atoms with Crippen molar-refractivity contribution in [1.82, 2.24) is 19.2 Å². The van der Waals surface area contributed by atoms with Crippen molar-refractivity contribution in [3.63, 3.8) is 0 Å². The molecule has 0 saturated carbocycles. The number of nitrogens with one attached hydrogen (secondary N) is 1. The van der Waals surface area contributed by atoms with E-state index >= 15 is 0 Å². The van der Waals surface area contributed by atoms with Crippen LogP contribution in [0.25, 0.3) is 22.3 Å². The number of fused-ring (bicyclic) bond motifs is 1. The Hall–Kier alpha value is -3.32. The van der Waals surface area contributed by atoms with Crippen molar-refractivity contribution in [2.45, 2.75) is 6.54 Å². The van der Waals surface area contributed by atoms with Gasteiger partial charge in [0, 0.05) is 42.3 Å². The first-order valence-corrected chi connectivity index (χ1v) is 9.21. The van der Waals surface area contributed by atoms with Crippen LogP contribution in [0.2, 0.25) is 0 Å². The van der Waals surface area contributed by atoms with Crippen LogP contribution in [0.1, 0.15) is 5.56 Å². The summed E-state index contributed by atoms with van der Waals surface area (Å²) in [5.74, 6) is 0.609. The standard InChI is InChI=1S/C20H17N5OS/c1-25(13-14-11-16-9-5-6-10-17(16)21-12-14)20(26)23-19-22-18(24-27-19)15-7-3-2-4-8-15/h2-12H,13H2,1H3,(H,22,23,24,26). The fraction of sp³-hybridized carbons (Fsp3) is 0.100. The molecule has 0 atom stereocenters. The Morgan fingerprint density at radius 1 is 1.11 bits per heavy atom. The number of rotatable bonds is 4. The summed E-state index contributed by atoms with van der Waals surface area (Å²) < 4.78 is 4.30. The largest absolute Gasteiger partial charge is 0.323 e. The Morgan fingerprint density at radius 2 is 1.89 bits per heavy atom. The lowest BCUT2D eigenvalue weighted by atomic mass is 10.1. The molecular formula is C20H17N5OS. The highest BCUT2D eigenvalue weighted by Gasteiger charge is 2.13. The van der Waals surface area contributed by atoms with E-state index in [1.165, 1.54) is 11.5 Å². The number of anilines is 1. The van der Waals surface area contributed by atoms with Crippen molar-refractivity contribution in [3.05, 3.63) is 72.4 Å². The quantitative estimate of drug-likeness (QED) is 0.573. The first kappa shape index (κ1) is 17.1. The van der Waals surface area contributed by atoms with Crippen LogP contribution in [0, 0.1) is 0 Å². The van der Waals surface area contributed by atoms with E-state index < -0.39 is 0 Å². The van der Waals surface area contributed by atoms with E-state index in [1.807, 2.05) is 60.7 Å². The normalized spacial score (nSPS) is 10.7. The van der Waals surface area contributed by atoms with E-state index in [0.29, 0.717) is 17.5 Å². The zero-order valence-corrected chi connectivity index (χ0v) is 15.5. The van der Waals surface area contributed by atoms with Crippen molar-refractivity contribution >= 4 is 33.6 Å². The van der Waals surface area contributed by atoms with Crippen LogP contribution in [-0.2, 0) is 6.54 Å². The van der Waals surface area contributed by atoms with Gasteiger partial charge in [0.05, 0.1) is 5.52 Å². The average molecular weight is 375 g/mol. The van der Waals surface area contributed by atoms with Crippen molar-refractivity contribution < 1.29 is 4.79 Å². The first-order chi connectivity index (χ1) is 13.2. The summed E-state index contributed by atoms with van der Waals surface area (Å²) >= 11 is 1.17. The molecule has 0 bridgehead atoms. The first-order valence-electron chi connectivity index (χ1n) is 8.44. The highest BCUT2D eigenvalue weighted by molar-refractivity contribution is 7.10. The minimum Gasteiger partial charge on any atom is -0.323 e. The van der Waals surface area contributed by atoms with Crippen molar-refractivity contribution in [1.29, 1.82) is 0 Å². The molecule has 2 amide bonds. The summed E-state index contributed by atoms with van der Waals surface area (Å²) in [5, 5.41) is 4.33. The predicted octanol–water partition coefficient (Wildman–Crippen LogP) is 4.42. The monoisotopic (exact) mass is 375 g/mol. The lowest BCUT2D eigenvalue weighted by Crippen LogP contribution is -2.30. The third kappa shape index (κ3) is 3.93. The van der Waals surface area contributed by atoms with Gasteiger partial charge in [-0.1, -0.05) is 48.5 Å². The van der Waals surface area contributed by atoms with Crippen LogP contribution in [0.3, 0.4) is 0 Å². The number of carbonyl (C=O) groups excluding carboxylic acids is 1. The molecule has 0 aliphatic heterocycles. The highest BCUT2D eigenvalue weighted by Crippen LogP contribution is 2.21. The fourth-order valence-corrected chi connectivity index (χ4v) is 3.29. The second kappa shape index (κ2) is 7.51. The van der Waals surface area contributed by atoms with E-state index in [4.69, 9.17) is 0 Å². The number of nitrogens with zero attached hydrogens (tertiary/aromatic N) is 4. The molecule has 0 spiro atoms. The molecule has 0 aliphatic rings. The maximum absolute atomic E-state index is 12.5. The molecular weight excluding hydrogens is 358 g/mol. The van der Waals surface area contributed by atoms with Crippen LogP contribution in [0.5, 0.6) is 0 Å². The third-order valence-electron chi connectivity index (χ3n) is 4.09. The number of hydrogen-bond acceptors (Lipinski definition) is 5. The maximum atomic E-state index is 12.5. The molecule has 0 fully saturated rings. The SMILES string of the molecule is CN(Cc1cnc2ccccc2c1)C(=O)Nc1nc(-c2ccccc2)ns1. The van der Waals surface area contributed by atoms with Gasteiger partial charge in [-0.05, 0) is 17.7 Å². The molecule has 2 heterocycles. The number of benzene rings is 2. The summed E-state index contributed by atoms with van der Waals surface area (Å²) in [6, 6.07) is 19.4. The van der Waals surface area contributed by atoms with Gasteiger partial charge in [0.2, 0.25) is 5.13 Å². The molecule has 4 rings (SSSR count). The van der Waals surface area contributed by atoms with Crippen molar-refractivity contribution in [3.8, 4) is 11.4 Å². The van der Waals surface area contributed by atoms with Gasteiger partial charge in [-0.3, -0.25) is 10.3 Å². The smallest absolute Gasteiger partial charge is 0.323 e. The molecule has 0 saturated heterocycles. The van der Waals surface area contributed by atoms with Gasteiger partial charge < -0.3 is 4.90 Å². The fourth-order valence-electron chi connectivity index (χ4n) is 2.71. The number of carbonyl (C=O) groups is 1. The summed E-state index contributed by atoms with van der Waals surface area (Å²) in [7, 11) is 1.74. The Bertz CT molecular complexity index is 1080. The summed E-state index contributed by atoms with van der Waals surface area (Å²) in [4.78, 5) is 22.9. The molecule has 0 unspecified atom stereocenters. The molecule has 2 aromatic carbocycles. The Balaban J connectivity index is 1.42. The second-order valence-electron chi connectivity index (χ2n) is 6.11. The van der Waals surface area contributed by atoms with Gasteiger partial charge in [0.25, 0.3) is 0 Å². The molecule has 7 heteroatoms. The highest BCUT2D eigenvalue weighted by atomic mass is 32.1. The summed E-state index contributed by atoms with van der Waals surface area (Å²) in [5.41, 5.74) is 2.83. The predicted molar refractivity (Wildman–Crippen MR) is 108 cm³/mol. The average Bonchev–Trinajstić information content (AvgIpc) is 3.17.